The molecule has 35 heavy (non-hydrogen) atoms. The topological polar surface area (TPSA) is 114 Å². The Morgan fingerprint density at radius 3 is 2.77 bits per heavy atom. The van der Waals surface area contributed by atoms with Crippen molar-refractivity contribution in [2.24, 2.45) is 0 Å². The van der Waals surface area contributed by atoms with Gasteiger partial charge in [0.25, 0.3) is 9.84 Å². The van der Waals surface area contributed by atoms with Crippen molar-refractivity contribution in [1.29, 1.82) is 0 Å². The van der Waals surface area contributed by atoms with Gasteiger partial charge in [0.05, 0.1) is 15.8 Å². The Morgan fingerprint density at radius 2 is 2.09 bits per heavy atom. The first kappa shape index (κ1) is 25.6. The molecule has 1 aromatic carbocycles. The Morgan fingerprint density at radius 1 is 1.31 bits per heavy atom. The molecule has 186 valence electrons. The van der Waals surface area contributed by atoms with Crippen LogP contribution in [0.4, 0.5) is 10.1 Å². The first-order valence-electron chi connectivity index (χ1n) is 10.5. The van der Waals surface area contributed by atoms with Crippen molar-refractivity contribution in [3.8, 4) is 5.75 Å². The summed E-state index contributed by atoms with van der Waals surface area (Å²) in [5, 5.41) is 12.0. The number of hydrogen-bond acceptors (Lipinski definition) is 9. The second-order valence-corrected chi connectivity index (χ2v) is 11.9. The highest BCUT2D eigenvalue weighted by Crippen LogP contribution is 2.40. The van der Waals surface area contributed by atoms with Crippen molar-refractivity contribution in [2.45, 2.75) is 26.3 Å². The fourth-order valence-corrected chi connectivity index (χ4v) is 6.75. The molecule has 0 unspecified atom stereocenters. The number of rotatable bonds is 9. The number of nitrogens with zero attached hydrogens (tertiary/aromatic N) is 2. The van der Waals surface area contributed by atoms with E-state index in [0.29, 0.717) is 33.1 Å². The summed E-state index contributed by atoms with van der Waals surface area (Å²) in [4.78, 5) is 13.7. The molecule has 1 aliphatic heterocycles. The average molecular weight is 558 g/mol. The molecule has 4 rings (SSSR count). The van der Waals surface area contributed by atoms with Crippen LogP contribution in [0, 0.1) is 5.82 Å². The van der Waals surface area contributed by atoms with Gasteiger partial charge in [0.1, 0.15) is 20.8 Å². The summed E-state index contributed by atoms with van der Waals surface area (Å²) in [5.41, 5.74) is 1.20. The van der Waals surface area contributed by atoms with Crippen LogP contribution in [0.25, 0.3) is 15.6 Å². The molecule has 0 atom stereocenters. The number of aromatic nitrogens is 1. The minimum Gasteiger partial charge on any atom is -0.748 e. The lowest BCUT2D eigenvalue weighted by molar-refractivity contribution is -0.661. The SMILES string of the molecule is CCC(=C/c1sc2cc(Cl)sc2[n+]1CC(=O)[O-])/C=C1/Oc2ccc(F)cc2N1CCCS(=O)(=O)[O-]. The smallest absolute Gasteiger partial charge is 0.282 e. The average Bonchev–Trinajstić information content (AvgIpc) is 3.38. The molecule has 2 aromatic heterocycles. The van der Waals surface area contributed by atoms with Crippen molar-refractivity contribution >= 4 is 71.7 Å². The third-order valence-corrected chi connectivity index (χ3v) is 8.44. The van der Waals surface area contributed by atoms with Crippen LogP contribution in [0.3, 0.4) is 0 Å². The van der Waals surface area contributed by atoms with Gasteiger partial charge in [-0.15, -0.1) is 0 Å². The lowest BCUT2D eigenvalue weighted by Gasteiger charge is -2.19. The summed E-state index contributed by atoms with van der Waals surface area (Å²) in [7, 11) is -4.40. The number of thiazole rings is 1. The highest BCUT2D eigenvalue weighted by Gasteiger charge is 2.28. The molecule has 0 amide bonds. The third-order valence-electron chi connectivity index (χ3n) is 5.16. The number of ether oxygens (including phenoxy) is 1. The molecule has 0 bridgehead atoms. The van der Waals surface area contributed by atoms with E-state index < -0.39 is 27.7 Å². The monoisotopic (exact) mass is 557 g/mol. The molecule has 1 aliphatic rings. The number of allylic oxidation sites excluding steroid dienone is 2. The Kier molecular flexibility index (Phi) is 7.48. The zero-order valence-corrected chi connectivity index (χ0v) is 21.5. The van der Waals surface area contributed by atoms with Gasteiger partial charge >= 0.3 is 0 Å². The van der Waals surface area contributed by atoms with Gasteiger partial charge in [0.15, 0.2) is 12.3 Å². The fourth-order valence-electron chi connectivity index (χ4n) is 3.63. The van der Waals surface area contributed by atoms with Crippen LogP contribution in [0.1, 0.15) is 24.8 Å². The van der Waals surface area contributed by atoms with Crippen LogP contribution in [-0.2, 0) is 21.5 Å². The second kappa shape index (κ2) is 10.2. The molecule has 0 fully saturated rings. The number of hydrogen-bond donors (Lipinski definition) is 0. The van der Waals surface area contributed by atoms with Crippen molar-refractivity contribution < 1.29 is 36.6 Å². The van der Waals surface area contributed by atoms with Gasteiger partial charge in [-0.2, -0.15) is 4.57 Å². The molecule has 0 N–H and O–H groups in total. The van der Waals surface area contributed by atoms with E-state index >= 15 is 0 Å². The molecule has 13 heteroatoms. The number of halogens is 2. The van der Waals surface area contributed by atoms with Crippen LogP contribution in [0.2, 0.25) is 4.34 Å². The van der Waals surface area contributed by atoms with Gasteiger partial charge in [0.2, 0.25) is 5.88 Å². The van der Waals surface area contributed by atoms with Crippen molar-refractivity contribution in [3.05, 3.63) is 57.0 Å². The fraction of sp³-hybridized carbons (Fsp3) is 0.273. The first-order chi connectivity index (χ1) is 16.5. The normalized spacial score (nSPS) is 15.1. The van der Waals surface area contributed by atoms with Crippen molar-refractivity contribution in [3.63, 3.8) is 0 Å². The summed E-state index contributed by atoms with van der Waals surface area (Å²) in [6.07, 6.45) is 4.14. The quantitative estimate of drug-likeness (QED) is 0.293. The van der Waals surface area contributed by atoms with E-state index in [-0.39, 0.29) is 19.5 Å². The number of thiophene rings is 1. The largest absolute Gasteiger partial charge is 0.748 e. The van der Waals surface area contributed by atoms with Gasteiger partial charge in [-0.25, -0.2) is 12.8 Å². The molecular formula is C22H19ClFN2O6S3-. The first-order valence-corrected chi connectivity index (χ1v) is 14.0. The molecule has 0 saturated carbocycles. The lowest BCUT2D eigenvalue weighted by Crippen LogP contribution is -2.44. The molecule has 0 radical (unpaired) electrons. The van der Waals surface area contributed by atoms with Crippen molar-refractivity contribution in [1.82, 2.24) is 0 Å². The Labute approximate surface area is 213 Å². The molecule has 8 nitrogen and oxygen atoms in total. The molecule has 0 saturated heterocycles. The molecule has 3 aromatic rings. The Hall–Kier alpha value is -2.51. The maximum atomic E-state index is 13.9. The summed E-state index contributed by atoms with van der Waals surface area (Å²) >= 11 is 8.75. The predicted octanol–water partition coefficient (Wildman–Crippen LogP) is 3.26. The van der Waals surface area contributed by atoms with E-state index in [1.54, 1.807) is 21.6 Å². The minimum atomic E-state index is -4.40. The number of aliphatic carboxylic acids is 1. The number of carbonyl (C=O) groups excluding carboxylic acids is 1. The Balaban J connectivity index is 1.71. The van der Waals surface area contributed by atoms with E-state index in [4.69, 9.17) is 16.3 Å². The zero-order valence-electron chi connectivity index (χ0n) is 18.3. The molecule has 0 aliphatic carbocycles. The van der Waals surface area contributed by atoms with Crippen LogP contribution in [-0.4, -0.2) is 31.2 Å². The highest BCUT2D eigenvalue weighted by atomic mass is 35.5. The number of carbonyl (C=O) groups is 1. The van der Waals surface area contributed by atoms with E-state index in [0.717, 1.165) is 15.1 Å². The standard InChI is InChI=1S/C22H20ClFN2O6S3/c1-2-13(9-20-26(12-21(27)28)22-17(33-20)11-18(23)34-22)8-19-25(6-3-7-35(29,30)31)15-10-14(24)4-5-16(15)32-19/h4-5,8-11H,2-3,6-7,12H2,1H3,(H-,27,28,29,30,31)/p-1. The van der Waals surface area contributed by atoms with Crippen LogP contribution >= 0.6 is 34.3 Å². The number of fused-ring (bicyclic) bond motifs is 2. The maximum Gasteiger partial charge on any atom is 0.282 e. The number of carboxylic acid groups (broad SMARTS) is 1. The third kappa shape index (κ3) is 6.01. The summed E-state index contributed by atoms with van der Waals surface area (Å²) < 4.78 is 56.0. The maximum absolute atomic E-state index is 13.9. The minimum absolute atomic E-state index is 0.0290. The molecule has 0 spiro atoms. The summed E-state index contributed by atoms with van der Waals surface area (Å²) in [6, 6.07) is 5.78. The van der Waals surface area contributed by atoms with E-state index in [1.165, 1.54) is 40.9 Å². The van der Waals surface area contributed by atoms with Gasteiger partial charge in [-0.05, 0) is 36.6 Å². The number of carboxylic acids is 1. The Bertz CT molecular complexity index is 1460. The summed E-state index contributed by atoms with van der Waals surface area (Å²) in [6.45, 7) is 1.70. The van der Waals surface area contributed by atoms with E-state index in [1.807, 2.05) is 13.0 Å². The van der Waals surface area contributed by atoms with Gasteiger partial charge in [-0.3, -0.25) is 0 Å². The van der Waals surface area contributed by atoms with Crippen LogP contribution in [0.5, 0.6) is 5.75 Å². The second-order valence-electron chi connectivity index (χ2n) is 7.65. The predicted molar refractivity (Wildman–Crippen MR) is 130 cm³/mol. The van der Waals surface area contributed by atoms with E-state index in [2.05, 4.69) is 0 Å². The molecular weight excluding hydrogens is 539 g/mol. The highest BCUT2D eigenvalue weighted by molar-refractivity contribution is 7.85. The van der Waals surface area contributed by atoms with Gasteiger partial charge in [-0.1, -0.05) is 41.2 Å². The van der Waals surface area contributed by atoms with Crippen LogP contribution in [0.15, 0.2) is 41.8 Å². The van der Waals surface area contributed by atoms with Gasteiger partial charge < -0.3 is 24.1 Å². The number of benzene rings is 1. The van der Waals surface area contributed by atoms with Gasteiger partial charge in [0, 0.05) is 30.5 Å². The summed E-state index contributed by atoms with van der Waals surface area (Å²) in [5.74, 6) is -1.54. The number of anilines is 1. The zero-order chi connectivity index (χ0) is 25.3. The molecule has 3 heterocycles. The van der Waals surface area contributed by atoms with Crippen LogP contribution < -0.4 is 19.3 Å². The lowest BCUT2D eigenvalue weighted by atomic mass is 10.2. The van der Waals surface area contributed by atoms with Crippen molar-refractivity contribution in [2.75, 3.05) is 17.2 Å². The van der Waals surface area contributed by atoms with E-state index in [9.17, 15) is 27.3 Å².